The summed E-state index contributed by atoms with van der Waals surface area (Å²) in [5.41, 5.74) is 9.21. The Labute approximate surface area is 274 Å². The first-order valence-electron chi connectivity index (χ1n) is 16.7. The van der Waals surface area contributed by atoms with Gasteiger partial charge in [0.25, 0.3) is 0 Å². The molecule has 0 N–H and O–H groups in total. The molecular weight excluding hydrogens is 536 g/mol. The summed E-state index contributed by atoms with van der Waals surface area (Å²) in [5.74, 6) is -0.258. The summed E-state index contributed by atoms with van der Waals surface area (Å²) in [7, 11) is 0. The van der Waals surface area contributed by atoms with Gasteiger partial charge in [-0.15, -0.1) is 0 Å². The van der Waals surface area contributed by atoms with Gasteiger partial charge in [-0.3, -0.25) is 4.79 Å². The normalized spacial score (nSPS) is 13.6. The number of carbonyl (C=O) groups excluding carboxylic acids is 1. The van der Waals surface area contributed by atoms with Crippen LogP contribution in [-0.4, -0.2) is 11.6 Å². The molecule has 1 unspecified atom stereocenters. The predicted octanol–water partition coefficient (Wildman–Crippen LogP) is 13.6. The number of allylic oxidation sites excluding steroid dienone is 14. The molecule has 0 spiro atoms. The molecule has 44 heavy (non-hydrogen) atoms. The highest BCUT2D eigenvalue weighted by atomic mass is 16.6. The molecule has 0 aliphatic carbocycles. The van der Waals surface area contributed by atoms with E-state index >= 15 is 0 Å². The van der Waals surface area contributed by atoms with E-state index in [1.165, 1.54) is 59.6 Å². The molecule has 0 aromatic rings. The summed E-state index contributed by atoms with van der Waals surface area (Å²) in [4.78, 5) is 11.1. The number of hydrogen-bond donors (Lipinski definition) is 0. The molecule has 0 bridgehead atoms. The minimum Gasteiger partial charge on any atom is -0.455 e. The third-order valence-electron chi connectivity index (χ3n) is 7.43. The molecule has 0 rings (SSSR count). The van der Waals surface area contributed by atoms with Crippen LogP contribution in [0.3, 0.4) is 0 Å². The number of hydrogen-bond acceptors (Lipinski definition) is 2. The maximum atomic E-state index is 11.1. The second kappa shape index (κ2) is 26.5. The van der Waals surface area contributed by atoms with Crippen LogP contribution < -0.4 is 0 Å². The average molecular weight is 605 g/mol. The predicted molar refractivity (Wildman–Crippen MR) is 199 cm³/mol. The van der Waals surface area contributed by atoms with Crippen LogP contribution in [0.5, 0.6) is 0 Å². The molecule has 2 heteroatoms. The minimum atomic E-state index is -0.565. The second-order valence-electron chi connectivity index (χ2n) is 13.0. The Morgan fingerprint density at radius 2 is 0.909 bits per heavy atom. The van der Waals surface area contributed by atoms with Crippen molar-refractivity contribution in [1.29, 1.82) is 0 Å². The lowest BCUT2D eigenvalue weighted by Gasteiger charge is -2.24. The van der Waals surface area contributed by atoms with Gasteiger partial charge in [0.05, 0.1) is 0 Å². The average Bonchev–Trinajstić information content (AvgIpc) is 2.92. The molecule has 0 fully saturated rings. The van der Waals surface area contributed by atoms with Crippen LogP contribution in [0.1, 0.15) is 146 Å². The Kier molecular flexibility index (Phi) is 26.1. The van der Waals surface area contributed by atoms with Crippen LogP contribution in [0.15, 0.2) is 107 Å². The van der Waals surface area contributed by atoms with Crippen molar-refractivity contribution in [2.24, 2.45) is 0 Å². The number of esters is 1. The third-order valence-corrected chi connectivity index (χ3v) is 7.43. The SMILES string of the molecule is C=CC(=C)CC/C=C(\C)CC/C=C(\C)CCC=C(C)C.C=CC(C)(CC/C=C(\C)CC/C=C(\C)CCC=C(C)C)OC(C)=O. The van der Waals surface area contributed by atoms with Gasteiger partial charge in [0.15, 0.2) is 0 Å². The highest BCUT2D eigenvalue weighted by Crippen LogP contribution is 2.21. The molecule has 0 aromatic carbocycles. The van der Waals surface area contributed by atoms with Gasteiger partial charge in [0, 0.05) is 6.92 Å². The van der Waals surface area contributed by atoms with Gasteiger partial charge >= 0.3 is 5.97 Å². The van der Waals surface area contributed by atoms with E-state index in [-0.39, 0.29) is 5.97 Å². The zero-order valence-electron chi connectivity index (χ0n) is 30.5. The molecule has 0 aliphatic heterocycles. The van der Waals surface area contributed by atoms with E-state index in [1.807, 2.05) is 13.0 Å². The maximum absolute atomic E-state index is 11.1. The molecule has 0 saturated carbocycles. The Morgan fingerprint density at radius 3 is 1.23 bits per heavy atom. The molecule has 0 aromatic heterocycles. The lowest BCUT2D eigenvalue weighted by Crippen LogP contribution is -2.27. The smallest absolute Gasteiger partial charge is 0.303 e. The zero-order chi connectivity index (χ0) is 34.0. The van der Waals surface area contributed by atoms with Crippen LogP contribution in [-0.2, 0) is 9.53 Å². The fourth-order valence-electron chi connectivity index (χ4n) is 4.41. The summed E-state index contributed by atoms with van der Waals surface area (Å²) in [6, 6.07) is 0. The summed E-state index contributed by atoms with van der Waals surface area (Å²) in [5, 5.41) is 0. The van der Waals surface area contributed by atoms with Crippen molar-refractivity contribution in [2.75, 3.05) is 0 Å². The Morgan fingerprint density at radius 1 is 0.568 bits per heavy atom. The quantitative estimate of drug-likeness (QED) is 0.0740. The number of ether oxygens (including phenoxy) is 1. The Hall–Kier alpha value is -2.87. The molecule has 0 radical (unpaired) electrons. The lowest BCUT2D eigenvalue weighted by molar-refractivity contribution is -0.151. The number of carbonyl (C=O) groups is 1. The van der Waals surface area contributed by atoms with E-state index in [0.29, 0.717) is 0 Å². The highest BCUT2D eigenvalue weighted by Gasteiger charge is 2.22. The highest BCUT2D eigenvalue weighted by molar-refractivity contribution is 5.66. The standard InChI is InChI=1S/C22H36O2.C20H32/c1-8-22(7,24-21(6)23)17-11-16-20(5)15-10-14-19(4)13-9-12-18(2)3;1-7-18(4)12-9-14-20(6)16-10-15-19(5)13-8-11-17(2)3/h8,12,14,16H,1,9-11,13,15,17H2,2-7H3;7,11,14-15H,1,4,8-10,12-13,16H2,2-3,5-6H3/b19-14+,20-16+;19-15+,20-14+. The third kappa shape index (κ3) is 29.2. The van der Waals surface area contributed by atoms with Gasteiger partial charge < -0.3 is 4.74 Å². The van der Waals surface area contributed by atoms with E-state index < -0.39 is 5.60 Å². The minimum absolute atomic E-state index is 0.258. The van der Waals surface area contributed by atoms with Crippen molar-refractivity contribution in [2.45, 2.75) is 152 Å². The summed E-state index contributed by atoms with van der Waals surface area (Å²) >= 11 is 0. The molecule has 0 saturated heterocycles. The molecule has 0 aliphatic rings. The van der Waals surface area contributed by atoms with Gasteiger partial charge in [-0.2, -0.15) is 0 Å². The number of rotatable bonds is 21. The van der Waals surface area contributed by atoms with Crippen LogP contribution in [0.2, 0.25) is 0 Å². The first kappa shape index (κ1) is 43.3. The van der Waals surface area contributed by atoms with Crippen LogP contribution in [0, 0.1) is 0 Å². The van der Waals surface area contributed by atoms with Crippen molar-refractivity contribution in [3.05, 3.63) is 107 Å². The van der Waals surface area contributed by atoms with Crippen molar-refractivity contribution >= 4 is 5.97 Å². The van der Waals surface area contributed by atoms with Gasteiger partial charge in [0.1, 0.15) is 5.60 Å². The van der Waals surface area contributed by atoms with Gasteiger partial charge in [-0.1, -0.05) is 101 Å². The lowest BCUT2D eigenvalue weighted by atomic mass is 9.98. The van der Waals surface area contributed by atoms with Gasteiger partial charge in [-0.05, 0) is 145 Å². The molecule has 248 valence electrons. The summed E-state index contributed by atoms with van der Waals surface area (Å²) < 4.78 is 5.34. The van der Waals surface area contributed by atoms with E-state index in [0.717, 1.165) is 63.4 Å². The molecule has 0 heterocycles. The van der Waals surface area contributed by atoms with Gasteiger partial charge in [-0.25, -0.2) is 0 Å². The molecular formula is C42H68O2. The van der Waals surface area contributed by atoms with E-state index in [2.05, 4.69) is 112 Å². The van der Waals surface area contributed by atoms with Crippen LogP contribution >= 0.6 is 0 Å². The monoisotopic (exact) mass is 605 g/mol. The summed E-state index contributed by atoms with van der Waals surface area (Å²) in [6.45, 7) is 32.3. The van der Waals surface area contributed by atoms with Gasteiger partial charge in [0.2, 0.25) is 0 Å². The second-order valence-corrected chi connectivity index (χ2v) is 13.0. The summed E-state index contributed by atoms with van der Waals surface area (Å²) in [6.07, 6.45) is 30.4. The van der Waals surface area contributed by atoms with E-state index in [4.69, 9.17) is 4.74 Å². The van der Waals surface area contributed by atoms with Crippen molar-refractivity contribution in [3.8, 4) is 0 Å². The van der Waals surface area contributed by atoms with E-state index in [1.54, 1.807) is 6.08 Å². The van der Waals surface area contributed by atoms with Crippen molar-refractivity contribution < 1.29 is 9.53 Å². The molecule has 2 nitrogen and oxygen atoms in total. The van der Waals surface area contributed by atoms with E-state index in [9.17, 15) is 4.79 Å². The Bertz CT molecular complexity index is 1050. The molecule has 0 amide bonds. The van der Waals surface area contributed by atoms with Crippen molar-refractivity contribution in [1.82, 2.24) is 0 Å². The Balaban J connectivity index is 0. The van der Waals surface area contributed by atoms with Crippen LogP contribution in [0.25, 0.3) is 0 Å². The molecule has 1 atom stereocenters. The fourth-order valence-corrected chi connectivity index (χ4v) is 4.41. The van der Waals surface area contributed by atoms with Crippen LogP contribution in [0.4, 0.5) is 0 Å². The zero-order valence-corrected chi connectivity index (χ0v) is 30.5. The topological polar surface area (TPSA) is 26.3 Å². The largest absolute Gasteiger partial charge is 0.455 e. The van der Waals surface area contributed by atoms with Crippen molar-refractivity contribution in [3.63, 3.8) is 0 Å². The fraction of sp³-hybridized carbons (Fsp3) is 0.548. The first-order chi connectivity index (χ1) is 20.6. The first-order valence-corrected chi connectivity index (χ1v) is 16.7. The maximum Gasteiger partial charge on any atom is 0.303 e.